The van der Waals surface area contributed by atoms with E-state index in [0.717, 1.165) is 12.1 Å². The molecule has 5 rings (SSSR count). The third kappa shape index (κ3) is 12.6. The molecule has 0 aromatic heterocycles. The Morgan fingerprint density at radius 3 is 1.40 bits per heavy atom. The molecule has 0 saturated heterocycles. The fourth-order valence-corrected chi connectivity index (χ4v) is 3.86. The zero-order valence-corrected chi connectivity index (χ0v) is 24.9. The number of carbonyl (C=O) groups excluding carboxylic acids is 3. The van der Waals surface area contributed by atoms with Gasteiger partial charge in [0, 0.05) is 18.3 Å². The molecule has 43 heavy (non-hydrogen) atoms. The quantitative estimate of drug-likeness (QED) is 0.177. The van der Waals surface area contributed by atoms with Crippen molar-refractivity contribution in [2.75, 3.05) is 5.32 Å². The van der Waals surface area contributed by atoms with Gasteiger partial charge >= 0.3 is 40.1 Å². The molecule has 1 amide bonds. The number of Topliss-reactive ketones (excluding diaryl/α,β-unsaturated/α-hetero) is 2. The van der Waals surface area contributed by atoms with Crippen LogP contribution in [-0.2, 0) is 48.5 Å². The van der Waals surface area contributed by atoms with Crippen molar-refractivity contribution in [3.63, 3.8) is 0 Å². The number of hydrogen-bond donors (Lipinski definition) is 4. The first-order valence-electron chi connectivity index (χ1n) is 12.7. The van der Waals surface area contributed by atoms with Gasteiger partial charge in [-0.05, 0) is 134 Å². The van der Waals surface area contributed by atoms with Crippen molar-refractivity contribution in [2.45, 2.75) is 12.8 Å². The number of phenolic OH excluding ortho intramolecular Hbond substituents is 1. The van der Waals surface area contributed by atoms with Crippen LogP contribution in [0.15, 0.2) is 12.1 Å². The van der Waals surface area contributed by atoms with E-state index < -0.39 is 52.1 Å². The van der Waals surface area contributed by atoms with Gasteiger partial charge in [0.2, 0.25) is 5.91 Å². The van der Waals surface area contributed by atoms with Gasteiger partial charge in [0.15, 0.2) is 17.3 Å². The van der Waals surface area contributed by atoms with Crippen LogP contribution in [0.2, 0.25) is 0 Å². The zero-order valence-electron chi connectivity index (χ0n) is 22.7. The van der Waals surface area contributed by atoms with Gasteiger partial charge in [0.1, 0.15) is 17.0 Å². The summed E-state index contributed by atoms with van der Waals surface area (Å²) >= 11 is 0. The number of aromatic carboxylic acids is 1. The first kappa shape index (κ1) is 39.2. The Bertz CT molecular complexity index is 975. The average Bonchev–Trinajstić information content (AvgIpc) is 3.80. The van der Waals surface area contributed by atoms with E-state index >= 15 is 0 Å². The Hall–Kier alpha value is -1.86. The molecular formula is C33H29Fe2NO7+4. The number of carboxylic acids is 1. The van der Waals surface area contributed by atoms with Gasteiger partial charge in [-0.3, -0.25) is 14.4 Å². The maximum Gasteiger partial charge on any atom is 2.00 e. The maximum atomic E-state index is 12.8. The fraction of sp³-hybridized carbons (Fsp3) is 0.0909. The van der Waals surface area contributed by atoms with Crippen LogP contribution in [0, 0.1) is 133 Å². The number of benzene rings is 1. The molecule has 4 aliphatic rings. The second-order valence-corrected chi connectivity index (χ2v) is 8.80. The van der Waals surface area contributed by atoms with Gasteiger partial charge in [0.05, 0.1) is 5.92 Å². The van der Waals surface area contributed by atoms with Crippen molar-refractivity contribution in [1.29, 1.82) is 0 Å². The van der Waals surface area contributed by atoms with Gasteiger partial charge < -0.3 is 20.6 Å². The molecule has 0 heterocycles. The van der Waals surface area contributed by atoms with Crippen molar-refractivity contribution in [1.82, 2.24) is 0 Å². The van der Waals surface area contributed by atoms with Crippen molar-refractivity contribution in [3.05, 3.63) is 145 Å². The second kappa shape index (κ2) is 21.0. The predicted octanol–water partition coefficient (Wildman–Crippen LogP) is 4.12. The van der Waals surface area contributed by atoms with E-state index in [1.54, 1.807) is 51.4 Å². The summed E-state index contributed by atoms with van der Waals surface area (Å²) in [5, 5.41) is 31.2. The Balaban J connectivity index is 0.000000648. The largest absolute Gasteiger partial charge is 2.00 e. The van der Waals surface area contributed by atoms with Gasteiger partial charge in [-0.2, -0.15) is 0 Å². The van der Waals surface area contributed by atoms with Gasteiger partial charge in [-0.15, -0.1) is 0 Å². The molecule has 1 aromatic rings. The molecule has 0 bridgehead atoms. The van der Waals surface area contributed by atoms with E-state index in [-0.39, 0.29) is 47.0 Å². The molecule has 0 unspecified atom stereocenters. The van der Waals surface area contributed by atoms with Crippen LogP contribution in [0.4, 0.5) is 5.69 Å². The van der Waals surface area contributed by atoms with Gasteiger partial charge in [-0.1, -0.05) is 0 Å². The summed E-state index contributed by atoms with van der Waals surface area (Å²) in [6, 6.07) is 2.02. The molecule has 4 saturated carbocycles. The van der Waals surface area contributed by atoms with E-state index in [9.17, 15) is 29.4 Å². The smallest absolute Gasteiger partial charge is 0.506 e. The SMILES string of the molecule is O=C(CCC(C(=O)[C]1[CH][CH][CH][CH]1)C(=O)[C]1[CH][CH][CH][CH]1)Nc1c(O)ccc(C(=O)O)c1O.[CH]1[CH][CH][CH][CH]1.[CH]1[CH][CH][CH][CH]1.[Fe+2].[Fe+2]. The average molecular weight is 663 g/mol. The summed E-state index contributed by atoms with van der Waals surface area (Å²) in [6.07, 6.45) is 32.6. The summed E-state index contributed by atoms with van der Waals surface area (Å²) in [4.78, 5) is 49.2. The Morgan fingerprint density at radius 1 is 0.628 bits per heavy atom. The topological polar surface area (TPSA) is 141 Å². The summed E-state index contributed by atoms with van der Waals surface area (Å²) in [6.45, 7) is 0. The Morgan fingerprint density at radius 2 is 1.02 bits per heavy atom. The summed E-state index contributed by atoms with van der Waals surface area (Å²) < 4.78 is 0. The number of aromatic hydroxyl groups is 2. The van der Waals surface area contributed by atoms with Crippen LogP contribution in [0.25, 0.3) is 0 Å². The van der Waals surface area contributed by atoms with E-state index in [1.165, 1.54) is 0 Å². The van der Waals surface area contributed by atoms with Crippen LogP contribution in [0.1, 0.15) is 23.2 Å². The molecule has 4 fully saturated rings. The van der Waals surface area contributed by atoms with E-state index in [1.807, 2.05) is 64.2 Å². The number of carbonyl (C=O) groups is 4. The first-order chi connectivity index (χ1) is 19.8. The van der Waals surface area contributed by atoms with Gasteiger partial charge in [-0.25, -0.2) is 4.79 Å². The third-order valence-corrected chi connectivity index (χ3v) is 5.95. The first-order valence-corrected chi connectivity index (χ1v) is 12.7. The number of amides is 1. The van der Waals surface area contributed by atoms with Crippen molar-refractivity contribution < 1.29 is 68.6 Å². The standard InChI is InChI=1S/C23H19NO7.2C5H5.2Fe/c25-17-11-9-16(23(30)31)22(29)19(17)24-18(26)12-10-15(20(27)13-5-1-2-6-13)21(28)14-7-3-4-8-14;2*1-2-4-5-3-1;;/h1-9,11,15,25,29H,10,12H2,(H,24,26)(H,30,31);2*1-5H;;/q;;;2*+2. The van der Waals surface area contributed by atoms with Crippen molar-refractivity contribution in [2.24, 2.45) is 5.92 Å². The minimum atomic E-state index is -1.44. The minimum absolute atomic E-state index is 0. The minimum Gasteiger partial charge on any atom is -0.506 e. The molecule has 8 nitrogen and oxygen atoms in total. The number of ketones is 2. The molecule has 0 aliphatic heterocycles. The summed E-state index contributed by atoms with van der Waals surface area (Å²) in [7, 11) is 0. The molecule has 4 N–H and O–H groups in total. The van der Waals surface area contributed by atoms with Crippen LogP contribution < -0.4 is 5.32 Å². The molecule has 0 atom stereocenters. The third-order valence-electron chi connectivity index (χ3n) is 5.95. The van der Waals surface area contributed by atoms with Crippen LogP contribution >= 0.6 is 0 Å². The van der Waals surface area contributed by atoms with Crippen LogP contribution in [-0.4, -0.2) is 38.8 Å². The Labute approximate surface area is 277 Å². The zero-order chi connectivity index (χ0) is 29.6. The number of anilines is 1. The van der Waals surface area contributed by atoms with E-state index in [0.29, 0.717) is 11.8 Å². The molecule has 1 aromatic carbocycles. The molecule has 4 aliphatic carbocycles. The number of rotatable bonds is 9. The molecular weight excluding hydrogens is 634 g/mol. The predicted molar refractivity (Wildman–Crippen MR) is 152 cm³/mol. The number of nitrogens with one attached hydrogen (secondary N) is 1. The Kier molecular flexibility index (Phi) is 19.1. The monoisotopic (exact) mass is 663 g/mol. The summed E-state index contributed by atoms with van der Waals surface area (Å²) in [5.74, 6) is -4.67. The van der Waals surface area contributed by atoms with Crippen molar-refractivity contribution in [3.8, 4) is 11.5 Å². The fourth-order valence-electron chi connectivity index (χ4n) is 3.86. The second-order valence-electron chi connectivity index (χ2n) is 8.80. The molecule has 10 heteroatoms. The van der Waals surface area contributed by atoms with E-state index in [4.69, 9.17) is 5.11 Å². The van der Waals surface area contributed by atoms with Crippen LogP contribution in [0.3, 0.4) is 0 Å². The van der Waals surface area contributed by atoms with Crippen molar-refractivity contribution >= 4 is 29.1 Å². The molecule has 0 spiro atoms. The number of phenols is 2. The summed E-state index contributed by atoms with van der Waals surface area (Å²) in [5.41, 5.74) is -0.949. The maximum absolute atomic E-state index is 12.8. The van der Waals surface area contributed by atoms with Gasteiger partial charge in [0.25, 0.3) is 0 Å². The molecule has 20 radical (unpaired) electrons. The molecule has 220 valence electrons. The van der Waals surface area contributed by atoms with E-state index in [2.05, 4.69) is 5.32 Å². The van der Waals surface area contributed by atoms with Crippen LogP contribution in [0.5, 0.6) is 11.5 Å². The number of hydrogen-bond acceptors (Lipinski definition) is 6. The number of carboxylic acid groups (broad SMARTS) is 1. The normalized spacial score (nSPS) is 18.0.